The van der Waals surface area contributed by atoms with Gasteiger partial charge in [0.2, 0.25) is 0 Å². The van der Waals surface area contributed by atoms with Crippen molar-refractivity contribution in [3.05, 3.63) is 58.6 Å². The predicted molar refractivity (Wildman–Crippen MR) is 95.3 cm³/mol. The monoisotopic (exact) mass is 346 g/mol. The maximum absolute atomic E-state index is 3.70. The van der Waals surface area contributed by atoms with E-state index >= 15 is 0 Å². The van der Waals surface area contributed by atoms with Crippen LogP contribution in [0.25, 0.3) is 0 Å². The Balaban J connectivity index is 2.18. The average molecular weight is 347 g/mol. The number of halogens is 1. The van der Waals surface area contributed by atoms with Crippen LogP contribution in [-0.2, 0) is 6.54 Å². The molecule has 0 spiro atoms. The van der Waals surface area contributed by atoms with E-state index in [1.807, 2.05) is 0 Å². The Kier molecular flexibility index (Phi) is 6.27. The highest BCUT2D eigenvalue weighted by atomic mass is 79.9. The average Bonchev–Trinajstić information content (AvgIpc) is 2.51. The van der Waals surface area contributed by atoms with Crippen LogP contribution in [0.4, 0.5) is 11.4 Å². The number of hydrogen-bond donors (Lipinski definition) is 1. The van der Waals surface area contributed by atoms with Gasteiger partial charge in [-0.05, 0) is 49.7 Å². The zero-order chi connectivity index (χ0) is 15.1. The highest BCUT2D eigenvalue weighted by molar-refractivity contribution is 9.10. The fourth-order valence-electron chi connectivity index (χ4n) is 2.37. The Hall–Kier alpha value is -1.32. The van der Waals surface area contributed by atoms with Crippen molar-refractivity contribution in [1.82, 2.24) is 5.32 Å². The van der Waals surface area contributed by atoms with Crippen LogP contribution in [0.5, 0.6) is 0 Å². The topological polar surface area (TPSA) is 15.3 Å². The molecule has 0 atom stereocenters. The molecule has 112 valence electrons. The minimum absolute atomic E-state index is 0.909. The van der Waals surface area contributed by atoms with Crippen LogP contribution in [0, 0.1) is 0 Å². The molecule has 0 aromatic heterocycles. The first-order valence-electron chi connectivity index (χ1n) is 7.58. The van der Waals surface area contributed by atoms with Gasteiger partial charge in [-0.2, -0.15) is 0 Å². The smallest absolute Gasteiger partial charge is 0.0422 e. The summed E-state index contributed by atoms with van der Waals surface area (Å²) in [5, 5.41) is 3.44. The second kappa shape index (κ2) is 8.20. The molecule has 0 bridgehead atoms. The summed E-state index contributed by atoms with van der Waals surface area (Å²) in [5.41, 5.74) is 3.75. The van der Waals surface area contributed by atoms with Crippen molar-refractivity contribution < 1.29 is 0 Å². The molecule has 0 saturated carbocycles. The van der Waals surface area contributed by atoms with Gasteiger partial charge in [-0.1, -0.05) is 47.1 Å². The van der Waals surface area contributed by atoms with E-state index in [-0.39, 0.29) is 0 Å². The molecule has 2 nitrogen and oxygen atoms in total. The van der Waals surface area contributed by atoms with E-state index in [0.29, 0.717) is 0 Å². The molecule has 3 heteroatoms. The van der Waals surface area contributed by atoms with E-state index in [1.54, 1.807) is 0 Å². The molecule has 2 aromatic rings. The van der Waals surface area contributed by atoms with E-state index in [1.165, 1.54) is 16.9 Å². The molecule has 0 saturated heterocycles. The van der Waals surface area contributed by atoms with E-state index < -0.39 is 0 Å². The summed E-state index contributed by atoms with van der Waals surface area (Å²) in [7, 11) is 0. The van der Waals surface area contributed by atoms with Gasteiger partial charge in [0.1, 0.15) is 0 Å². The van der Waals surface area contributed by atoms with Gasteiger partial charge in [-0.15, -0.1) is 0 Å². The minimum Gasteiger partial charge on any atom is -0.342 e. The summed E-state index contributed by atoms with van der Waals surface area (Å²) < 4.78 is 1.16. The van der Waals surface area contributed by atoms with Crippen LogP contribution in [0.1, 0.15) is 25.8 Å². The van der Waals surface area contributed by atoms with Gasteiger partial charge in [0.05, 0.1) is 0 Å². The first-order chi connectivity index (χ1) is 10.3. The summed E-state index contributed by atoms with van der Waals surface area (Å²) >= 11 is 3.70. The molecule has 0 unspecified atom stereocenters. The van der Waals surface area contributed by atoms with Crippen molar-refractivity contribution in [2.75, 3.05) is 18.0 Å². The summed E-state index contributed by atoms with van der Waals surface area (Å²) in [6.07, 6.45) is 1.16. The lowest BCUT2D eigenvalue weighted by atomic mass is 10.1. The van der Waals surface area contributed by atoms with Crippen LogP contribution in [0.15, 0.2) is 53.0 Å². The standard InChI is InChI=1S/C18H23BrN2/c1-3-12-20-14-15-10-11-17(13-18(15)19)21(4-2)16-8-6-5-7-9-16/h5-11,13,20H,3-4,12,14H2,1-2H3. The van der Waals surface area contributed by atoms with Crippen molar-refractivity contribution in [1.29, 1.82) is 0 Å². The maximum Gasteiger partial charge on any atom is 0.0422 e. The number of hydrogen-bond acceptors (Lipinski definition) is 2. The van der Waals surface area contributed by atoms with Crippen molar-refractivity contribution >= 4 is 27.3 Å². The van der Waals surface area contributed by atoms with Crippen molar-refractivity contribution in [3.63, 3.8) is 0 Å². The first-order valence-corrected chi connectivity index (χ1v) is 8.37. The zero-order valence-electron chi connectivity index (χ0n) is 12.8. The van der Waals surface area contributed by atoms with Crippen LogP contribution in [0.3, 0.4) is 0 Å². The quantitative estimate of drug-likeness (QED) is 0.701. The van der Waals surface area contributed by atoms with Gasteiger partial charge < -0.3 is 10.2 Å². The first kappa shape index (κ1) is 16.1. The minimum atomic E-state index is 0.909. The van der Waals surface area contributed by atoms with Gasteiger partial charge in [0.25, 0.3) is 0 Å². The third-order valence-electron chi connectivity index (χ3n) is 3.47. The molecule has 0 fully saturated rings. The molecule has 0 amide bonds. The number of para-hydroxylation sites is 1. The highest BCUT2D eigenvalue weighted by Crippen LogP contribution is 2.29. The van der Waals surface area contributed by atoms with Gasteiger partial charge in [0, 0.05) is 28.9 Å². The summed E-state index contributed by atoms with van der Waals surface area (Å²) in [5.74, 6) is 0. The van der Waals surface area contributed by atoms with E-state index in [0.717, 1.165) is 30.5 Å². The molecule has 2 rings (SSSR count). The van der Waals surface area contributed by atoms with E-state index in [9.17, 15) is 0 Å². The fourth-order valence-corrected chi connectivity index (χ4v) is 2.88. The normalized spacial score (nSPS) is 10.6. The molecule has 0 aliphatic rings. The Morgan fingerprint density at radius 2 is 1.76 bits per heavy atom. The number of nitrogens with zero attached hydrogens (tertiary/aromatic N) is 1. The Morgan fingerprint density at radius 1 is 1.00 bits per heavy atom. The molecule has 0 aliphatic carbocycles. The zero-order valence-corrected chi connectivity index (χ0v) is 14.4. The second-order valence-electron chi connectivity index (χ2n) is 5.03. The van der Waals surface area contributed by atoms with Crippen molar-refractivity contribution in [3.8, 4) is 0 Å². The number of benzene rings is 2. The molecule has 21 heavy (non-hydrogen) atoms. The molecular formula is C18H23BrN2. The van der Waals surface area contributed by atoms with Crippen LogP contribution in [0.2, 0.25) is 0 Å². The molecule has 0 aliphatic heterocycles. The van der Waals surface area contributed by atoms with Gasteiger partial charge in [-0.3, -0.25) is 0 Å². The Morgan fingerprint density at radius 3 is 2.38 bits per heavy atom. The summed E-state index contributed by atoms with van der Waals surface area (Å²) in [6, 6.07) is 17.1. The molecule has 0 radical (unpaired) electrons. The van der Waals surface area contributed by atoms with Gasteiger partial charge >= 0.3 is 0 Å². The lowest BCUT2D eigenvalue weighted by Gasteiger charge is -2.24. The highest BCUT2D eigenvalue weighted by Gasteiger charge is 2.09. The Labute approximate surface area is 136 Å². The maximum atomic E-state index is 3.70. The lowest BCUT2D eigenvalue weighted by molar-refractivity contribution is 0.674. The fraction of sp³-hybridized carbons (Fsp3) is 0.333. The second-order valence-corrected chi connectivity index (χ2v) is 5.89. The van der Waals surface area contributed by atoms with Crippen molar-refractivity contribution in [2.24, 2.45) is 0 Å². The molecular weight excluding hydrogens is 324 g/mol. The third-order valence-corrected chi connectivity index (χ3v) is 4.21. The van der Waals surface area contributed by atoms with Crippen LogP contribution < -0.4 is 10.2 Å². The van der Waals surface area contributed by atoms with E-state index in [4.69, 9.17) is 0 Å². The largest absolute Gasteiger partial charge is 0.342 e. The van der Waals surface area contributed by atoms with Crippen LogP contribution >= 0.6 is 15.9 Å². The SMILES string of the molecule is CCCNCc1ccc(N(CC)c2ccccc2)cc1Br. The number of nitrogens with one attached hydrogen (secondary N) is 1. The molecule has 2 aromatic carbocycles. The van der Waals surface area contributed by atoms with Crippen molar-refractivity contribution in [2.45, 2.75) is 26.8 Å². The van der Waals surface area contributed by atoms with E-state index in [2.05, 4.69) is 88.5 Å². The third kappa shape index (κ3) is 4.32. The summed E-state index contributed by atoms with van der Waals surface area (Å²) in [6.45, 7) is 7.27. The van der Waals surface area contributed by atoms with Crippen LogP contribution in [-0.4, -0.2) is 13.1 Å². The van der Waals surface area contributed by atoms with Gasteiger partial charge in [0.15, 0.2) is 0 Å². The molecule has 1 N–H and O–H groups in total. The predicted octanol–water partition coefficient (Wildman–Crippen LogP) is 5.11. The Bertz CT molecular complexity index is 554. The number of anilines is 2. The van der Waals surface area contributed by atoms with Gasteiger partial charge in [-0.25, -0.2) is 0 Å². The lowest BCUT2D eigenvalue weighted by Crippen LogP contribution is -2.17. The number of rotatable bonds is 7. The summed E-state index contributed by atoms with van der Waals surface area (Å²) in [4.78, 5) is 2.31. The molecule has 0 heterocycles.